The van der Waals surface area contributed by atoms with Crippen LogP contribution < -0.4 is 5.73 Å². The minimum atomic E-state index is -3.54. The van der Waals surface area contributed by atoms with Crippen LogP contribution in [0.15, 0.2) is 23.1 Å². The summed E-state index contributed by atoms with van der Waals surface area (Å²) in [6.07, 6.45) is 0. The molecule has 21 heavy (non-hydrogen) atoms. The van der Waals surface area contributed by atoms with Crippen LogP contribution >= 0.6 is 0 Å². The fourth-order valence-corrected chi connectivity index (χ4v) is 3.97. The molecule has 0 radical (unpaired) electrons. The number of rotatable bonds is 4. The van der Waals surface area contributed by atoms with E-state index >= 15 is 0 Å². The van der Waals surface area contributed by atoms with Gasteiger partial charge in [-0.15, -0.1) is 0 Å². The Morgan fingerprint density at radius 1 is 1.24 bits per heavy atom. The average Bonchev–Trinajstić information content (AvgIpc) is 2.41. The number of aromatic hydroxyl groups is 1. The molecule has 1 aliphatic heterocycles. The number of hydrogen-bond donors (Lipinski definition) is 2. The number of phenolic OH excluding ortho intramolecular Hbond substituents is 1. The van der Waals surface area contributed by atoms with E-state index in [-0.39, 0.29) is 16.3 Å². The highest BCUT2D eigenvalue weighted by atomic mass is 32.2. The van der Waals surface area contributed by atoms with E-state index in [4.69, 9.17) is 5.73 Å². The van der Waals surface area contributed by atoms with Crippen LogP contribution in [0.3, 0.4) is 0 Å². The van der Waals surface area contributed by atoms with Crippen LogP contribution in [-0.4, -0.2) is 55.5 Å². The summed E-state index contributed by atoms with van der Waals surface area (Å²) in [6, 6.07) is 4.02. The molecule has 0 aromatic heterocycles. The molecule has 6 nitrogen and oxygen atoms in total. The van der Waals surface area contributed by atoms with Gasteiger partial charge in [0.05, 0.1) is 10.6 Å². The van der Waals surface area contributed by atoms with Crippen molar-refractivity contribution in [3.8, 4) is 5.75 Å². The Hall–Kier alpha value is -1.31. The zero-order chi connectivity index (χ0) is 15.6. The van der Waals surface area contributed by atoms with Crippen LogP contribution in [-0.2, 0) is 10.0 Å². The molecule has 7 heteroatoms. The van der Waals surface area contributed by atoms with Gasteiger partial charge in [-0.1, -0.05) is 13.8 Å². The van der Waals surface area contributed by atoms with Crippen molar-refractivity contribution in [2.24, 2.45) is 5.92 Å². The van der Waals surface area contributed by atoms with Crippen LogP contribution in [0.1, 0.15) is 13.8 Å². The minimum Gasteiger partial charge on any atom is -0.506 e. The molecule has 0 unspecified atom stereocenters. The Morgan fingerprint density at radius 2 is 1.86 bits per heavy atom. The monoisotopic (exact) mass is 313 g/mol. The maximum atomic E-state index is 12.5. The maximum absolute atomic E-state index is 12.5. The van der Waals surface area contributed by atoms with Crippen LogP contribution in [0.5, 0.6) is 5.75 Å². The first-order valence-electron chi connectivity index (χ1n) is 7.11. The fraction of sp³-hybridized carbons (Fsp3) is 0.571. The smallest absolute Gasteiger partial charge is 0.243 e. The third kappa shape index (κ3) is 3.66. The van der Waals surface area contributed by atoms with E-state index in [2.05, 4.69) is 18.7 Å². The van der Waals surface area contributed by atoms with E-state index in [0.717, 1.165) is 19.6 Å². The first-order chi connectivity index (χ1) is 9.80. The van der Waals surface area contributed by atoms with Gasteiger partial charge < -0.3 is 15.7 Å². The summed E-state index contributed by atoms with van der Waals surface area (Å²) in [5.74, 6) is 0.473. The van der Waals surface area contributed by atoms with Crippen LogP contribution in [0.4, 0.5) is 5.69 Å². The number of nitrogens with two attached hydrogens (primary N) is 1. The van der Waals surface area contributed by atoms with Crippen molar-refractivity contribution < 1.29 is 13.5 Å². The number of piperazine rings is 1. The molecular weight excluding hydrogens is 290 g/mol. The predicted molar refractivity (Wildman–Crippen MR) is 82.6 cm³/mol. The lowest BCUT2D eigenvalue weighted by Crippen LogP contribution is -2.49. The number of anilines is 1. The standard InChI is InChI=1S/C14H23N3O3S/c1-11(2)10-16-5-7-17(8-6-16)21(19,20)12-3-4-14(18)13(15)9-12/h3-4,9,11,18H,5-8,10,15H2,1-2H3. The van der Waals surface area contributed by atoms with Gasteiger partial charge in [0.1, 0.15) is 5.75 Å². The first-order valence-corrected chi connectivity index (χ1v) is 8.55. The van der Waals surface area contributed by atoms with Crippen LogP contribution in [0.25, 0.3) is 0 Å². The van der Waals surface area contributed by atoms with Crippen molar-refractivity contribution in [3.05, 3.63) is 18.2 Å². The highest BCUT2D eigenvalue weighted by Gasteiger charge is 2.28. The summed E-state index contributed by atoms with van der Waals surface area (Å²) < 4.78 is 26.6. The second-order valence-corrected chi connectivity index (χ2v) is 7.76. The predicted octanol–water partition coefficient (Wildman–Crippen LogP) is 0.937. The van der Waals surface area contributed by atoms with Gasteiger partial charge in [0.25, 0.3) is 0 Å². The highest BCUT2D eigenvalue weighted by molar-refractivity contribution is 7.89. The van der Waals surface area contributed by atoms with Gasteiger partial charge in [-0.05, 0) is 24.1 Å². The third-order valence-electron chi connectivity index (χ3n) is 3.59. The summed E-state index contributed by atoms with van der Waals surface area (Å²) in [4.78, 5) is 2.41. The van der Waals surface area contributed by atoms with Crippen molar-refractivity contribution >= 4 is 15.7 Å². The van der Waals surface area contributed by atoms with Gasteiger partial charge in [-0.3, -0.25) is 0 Å². The van der Waals surface area contributed by atoms with E-state index in [1.165, 1.54) is 22.5 Å². The molecule has 0 spiro atoms. The van der Waals surface area contributed by atoms with Crippen LogP contribution in [0, 0.1) is 5.92 Å². The first kappa shape index (κ1) is 16.1. The summed E-state index contributed by atoms with van der Waals surface area (Å²) in [5.41, 5.74) is 5.66. The molecule has 1 fully saturated rings. The number of hydrogen-bond acceptors (Lipinski definition) is 5. The number of phenols is 1. The highest BCUT2D eigenvalue weighted by Crippen LogP contribution is 2.25. The molecule has 1 heterocycles. The fourth-order valence-electron chi connectivity index (χ4n) is 2.51. The number of nitrogen functional groups attached to an aromatic ring is 1. The molecule has 0 aliphatic carbocycles. The van der Waals surface area contributed by atoms with Gasteiger partial charge in [-0.25, -0.2) is 8.42 Å². The lowest BCUT2D eigenvalue weighted by Gasteiger charge is -2.34. The molecule has 0 bridgehead atoms. The Labute approximate surface area is 126 Å². The molecule has 118 valence electrons. The largest absolute Gasteiger partial charge is 0.506 e. The van der Waals surface area contributed by atoms with Gasteiger partial charge in [0.15, 0.2) is 0 Å². The number of benzene rings is 1. The number of nitrogens with zero attached hydrogens (tertiary/aromatic N) is 2. The quantitative estimate of drug-likeness (QED) is 0.638. The van der Waals surface area contributed by atoms with E-state index in [1.807, 2.05) is 0 Å². The van der Waals surface area contributed by atoms with Crippen molar-refractivity contribution in [1.29, 1.82) is 0 Å². The molecule has 1 saturated heterocycles. The minimum absolute atomic E-state index is 0.0783. The Kier molecular flexibility index (Phi) is 4.75. The number of sulfonamides is 1. The van der Waals surface area contributed by atoms with Gasteiger partial charge >= 0.3 is 0 Å². The molecule has 1 aromatic carbocycles. The Bertz CT molecular complexity index is 593. The second kappa shape index (κ2) is 6.21. The Morgan fingerprint density at radius 3 is 2.38 bits per heavy atom. The summed E-state index contributed by atoms with van der Waals surface area (Å²) in [5, 5.41) is 9.40. The molecule has 0 amide bonds. The molecule has 1 aliphatic rings. The van der Waals surface area contributed by atoms with Crippen molar-refractivity contribution in [3.63, 3.8) is 0 Å². The SMILES string of the molecule is CC(C)CN1CCN(S(=O)(=O)c2ccc(O)c(N)c2)CC1. The van der Waals surface area contributed by atoms with Crippen LogP contribution in [0.2, 0.25) is 0 Å². The summed E-state index contributed by atoms with van der Waals surface area (Å²) in [6.45, 7) is 7.74. The molecule has 3 N–H and O–H groups in total. The lowest BCUT2D eigenvalue weighted by molar-refractivity contribution is 0.172. The van der Waals surface area contributed by atoms with E-state index in [9.17, 15) is 13.5 Å². The Balaban J connectivity index is 2.09. The zero-order valence-electron chi connectivity index (χ0n) is 12.5. The van der Waals surface area contributed by atoms with Crippen molar-refractivity contribution in [1.82, 2.24) is 9.21 Å². The van der Waals surface area contributed by atoms with E-state index in [0.29, 0.717) is 19.0 Å². The van der Waals surface area contributed by atoms with Gasteiger partial charge in [0.2, 0.25) is 10.0 Å². The molecule has 1 aromatic rings. The molecule has 2 rings (SSSR count). The normalized spacial score (nSPS) is 18.2. The van der Waals surface area contributed by atoms with E-state index < -0.39 is 10.0 Å². The second-order valence-electron chi connectivity index (χ2n) is 5.82. The van der Waals surface area contributed by atoms with Crippen molar-refractivity contribution in [2.75, 3.05) is 38.5 Å². The average molecular weight is 313 g/mol. The summed E-state index contributed by atoms with van der Waals surface area (Å²) in [7, 11) is -3.54. The molecular formula is C14H23N3O3S. The molecule has 0 atom stereocenters. The molecule has 0 saturated carbocycles. The lowest BCUT2D eigenvalue weighted by atomic mass is 10.2. The third-order valence-corrected chi connectivity index (χ3v) is 5.49. The zero-order valence-corrected chi connectivity index (χ0v) is 13.3. The topological polar surface area (TPSA) is 86.9 Å². The van der Waals surface area contributed by atoms with Gasteiger partial charge in [-0.2, -0.15) is 4.31 Å². The van der Waals surface area contributed by atoms with Gasteiger partial charge in [0, 0.05) is 32.7 Å². The maximum Gasteiger partial charge on any atom is 0.243 e. The van der Waals surface area contributed by atoms with Crippen molar-refractivity contribution in [2.45, 2.75) is 18.7 Å². The van der Waals surface area contributed by atoms with E-state index in [1.54, 1.807) is 0 Å². The summed E-state index contributed by atoms with van der Waals surface area (Å²) >= 11 is 0.